The molecule has 1 N–H and O–H groups in total. The third-order valence-corrected chi connectivity index (χ3v) is 3.86. The summed E-state index contributed by atoms with van der Waals surface area (Å²) in [5.41, 5.74) is 5.12. The lowest BCUT2D eigenvalue weighted by atomic mass is 10.1. The van der Waals surface area contributed by atoms with Gasteiger partial charge in [0.15, 0.2) is 0 Å². The van der Waals surface area contributed by atoms with Gasteiger partial charge in [0.2, 0.25) is 17.8 Å². The fourth-order valence-corrected chi connectivity index (χ4v) is 2.40. The van der Waals surface area contributed by atoms with Crippen LogP contribution in [-0.2, 0) is 4.74 Å². The zero-order chi connectivity index (χ0) is 17.6. The molecule has 2 heterocycles. The second-order valence-corrected chi connectivity index (χ2v) is 5.98. The van der Waals surface area contributed by atoms with Crippen LogP contribution in [0.3, 0.4) is 0 Å². The number of ether oxygens (including phenoxy) is 1. The van der Waals surface area contributed by atoms with Gasteiger partial charge in [-0.15, -0.1) is 0 Å². The number of hydrogen-bond acceptors (Lipinski definition) is 8. The second-order valence-electron chi connectivity index (χ2n) is 5.98. The quantitative estimate of drug-likeness (QED) is 0.652. The SMILES string of the molecule is Cc1ccccc1C=NNc1nc(N(C)C)nc(N2CCOCC2)n1. The van der Waals surface area contributed by atoms with E-state index < -0.39 is 0 Å². The van der Waals surface area contributed by atoms with Crippen molar-refractivity contribution in [2.24, 2.45) is 5.10 Å². The molecule has 1 aliphatic rings. The zero-order valence-electron chi connectivity index (χ0n) is 14.8. The molecule has 0 bridgehead atoms. The fourth-order valence-electron chi connectivity index (χ4n) is 2.40. The Bertz CT molecular complexity index is 742. The molecule has 0 unspecified atom stereocenters. The third kappa shape index (κ3) is 4.42. The molecular formula is C17H23N7O. The van der Waals surface area contributed by atoms with Gasteiger partial charge in [-0.1, -0.05) is 24.3 Å². The molecule has 8 heteroatoms. The van der Waals surface area contributed by atoms with Crippen LogP contribution in [0.25, 0.3) is 0 Å². The number of aromatic nitrogens is 3. The standard InChI is InChI=1S/C17H23N7O/c1-13-6-4-5-7-14(13)12-18-22-15-19-16(23(2)3)21-17(20-15)24-8-10-25-11-9-24/h4-7,12H,8-11H2,1-3H3,(H,19,20,21,22). The molecule has 1 aromatic heterocycles. The highest BCUT2D eigenvalue weighted by molar-refractivity contribution is 5.81. The van der Waals surface area contributed by atoms with Crippen LogP contribution in [0, 0.1) is 6.92 Å². The van der Waals surface area contributed by atoms with Crippen molar-refractivity contribution >= 4 is 24.1 Å². The predicted octanol–water partition coefficient (Wildman–Crippen LogP) is 1.53. The van der Waals surface area contributed by atoms with Gasteiger partial charge in [0.05, 0.1) is 19.4 Å². The van der Waals surface area contributed by atoms with Crippen molar-refractivity contribution in [3.8, 4) is 0 Å². The second kappa shape index (κ2) is 7.89. The van der Waals surface area contributed by atoms with Crippen molar-refractivity contribution in [3.63, 3.8) is 0 Å². The molecule has 0 amide bonds. The molecule has 1 aliphatic heterocycles. The number of morpholine rings is 1. The monoisotopic (exact) mass is 341 g/mol. The Kier molecular flexibility index (Phi) is 5.39. The summed E-state index contributed by atoms with van der Waals surface area (Å²) in [4.78, 5) is 17.4. The first-order valence-corrected chi connectivity index (χ1v) is 8.24. The molecular weight excluding hydrogens is 318 g/mol. The topological polar surface area (TPSA) is 78.8 Å². The van der Waals surface area contributed by atoms with E-state index >= 15 is 0 Å². The van der Waals surface area contributed by atoms with E-state index in [0.717, 1.165) is 24.2 Å². The lowest BCUT2D eigenvalue weighted by Crippen LogP contribution is -2.37. The number of benzene rings is 1. The number of nitrogens with zero attached hydrogens (tertiary/aromatic N) is 6. The van der Waals surface area contributed by atoms with Crippen molar-refractivity contribution in [1.82, 2.24) is 15.0 Å². The lowest BCUT2D eigenvalue weighted by Gasteiger charge is -2.27. The number of aryl methyl sites for hydroxylation is 1. The van der Waals surface area contributed by atoms with Gasteiger partial charge in [0.25, 0.3) is 0 Å². The molecule has 0 radical (unpaired) electrons. The maximum absolute atomic E-state index is 5.39. The minimum absolute atomic E-state index is 0.421. The molecule has 0 spiro atoms. The minimum atomic E-state index is 0.421. The van der Waals surface area contributed by atoms with E-state index in [4.69, 9.17) is 4.74 Å². The van der Waals surface area contributed by atoms with Crippen molar-refractivity contribution < 1.29 is 4.74 Å². The molecule has 1 aromatic carbocycles. The summed E-state index contributed by atoms with van der Waals surface area (Å²) < 4.78 is 5.39. The Morgan fingerprint density at radius 3 is 2.64 bits per heavy atom. The van der Waals surface area contributed by atoms with Gasteiger partial charge >= 0.3 is 0 Å². The Balaban J connectivity index is 1.80. The third-order valence-electron chi connectivity index (χ3n) is 3.86. The van der Waals surface area contributed by atoms with Crippen LogP contribution in [-0.4, -0.2) is 61.6 Å². The van der Waals surface area contributed by atoms with E-state index in [0.29, 0.717) is 31.1 Å². The Morgan fingerprint density at radius 2 is 1.92 bits per heavy atom. The smallest absolute Gasteiger partial charge is 0.250 e. The van der Waals surface area contributed by atoms with Crippen molar-refractivity contribution in [2.75, 3.05) is 55.6 Å². The predicted molar refractivity (Wildman–Crippen MR) is 99.6 cm³/mol. The number of nitrogens with one attached hydrogen (secondary N) is 1. The minimum Gasteiger partial charge on any atom is -0.378 e. The summed E-state index contributed by atoms with van der Waals surface area (Å²) in [6, 6.07) is 8.05. The van der Waals surface area contributed by atoms with Crippen LogP contribution >= 0.6 is 0 Å². The zero-order valence-corrected chi connectivity index (χ0v) is 14.8. The normalized spacial score (nSPS) is 14.8. The average molecular weight is 341 g/mol. The number of hydrazone groups is 1. The molecule has 1 saturated heterocycles. The van der Waals surface area contributed by atoms with Crippen molar-refractivity contribution in [2.45, 2.75) is 6.92 Å². The van der Waals surface area contributed by atoms with Crippen LogP contribution in [0.4, 0.5) is 17.8 Å². The Morgan fingerprint density at radius 1 is 1.16 bits per heavy atom. The van der Waals surface area contributed by atoms with Crippen LogP contribution in [0.1, 0.15) is 11.1 Å². The summed E-state index contributed by atoms with van der Waals surface area (Å²) in [6.45, 7) is 4.94. The summed E-state index contributed by atoms with van der Waals surface area (Å²) in [5.74, 6) is 1.64. The van der Waals surface area contributed by atoms with E-state index in [-0.39, 0.29) is 0 Å². The Hall–Kier alpha value is -2.74. The highest BCUT2D eigenvalue weighted by Crippen LogP contribution is 2.16. The van der Waals surface area contributed by atoms with Crippen molar-refractivity contribution in [3.05, 3.63) is 35.4 Å². The van der Waals surface area contributed by atoms with E-state index in [1.165, 1.54) is 0 Å². The summed E-state index contributed by atoms with van der Waals surface area (Å²) >= 11 is 0. The van der Waals surface area contributed by atoms with Gasteiger partial charge in [0, 0.05) is 27.2 Å². The molecule has 2 aromatic rings. The van der Waals surface area contributed by atoms with E-state index in [1.54, 1.807) is 6.21 Å². The molecule has 3 rings (SSSR count). The summed E-state index contributed by atoms with van der Waals surface area (Å²) in [7, 11) is 3.80. The molecule has 0 aliphatic carbocycles. The van der Waals surface area contributed by atoms with Gasteiger partial charge in [-0.3, -0.25) is 0 Å². The summed E-state index contributed by atoms with van der Waals surface area (Å²) in [6.07, 6.45) is 1.77. The molecule has 0 atom stereocenters. The number of anilines is 3. The van der Waals surface area contributed by atoms with E-state index in [1.807, 2.05) is 50.2 Å². The molecule has 132 valence electrons. The van der Waals surface area contributed by atoms with Gasteiger partial charge in [-0.2, -0.15) is 20.1 Å². The molecule has 0 saturated carbocycles. The van der Waals surface area contributed by atoms with Gasteiger partial charge in [-0.05, 0) is 18.1 Å². The molecule has 8 nitrogen and oxygen atoms in total. The van der Waals surface area contributed by atoms with Crippen molar-refractivity contribution in [1.29, 1.82) is 0 Å². The number of rotatable bonds is 5. The first-order valence-electron chi connectivity index (χ1n) is 8.24. The first kappa shape index (κ1) is 17.1. The maximum Gasteiger partial charge on any atom is 0.250 e. The largest absolute Gasteiger partial charge is 0.378 e. The van der Waals surface area contributed by atoms with Crippen LogP contribution in [0.2, 0.25) is 0 Å². The lowest BCUT2D eigenvalue weighted by molar-refractivity contribution is 0.122. The van der Waals surface area contributed by atoms with Crippen LogP contribution in [0.15, 0.2) is 29.4 Å². The van der Waals surface area contributed by atoms with E-state index in [9.17, 15) is 0 Å². The van der Waals surface area contributed by atoms with Crippen LogP contribution in [0.5, 0.6) is 0 Å². The van der Waals surface area contributed by atoms with Gasteiger partial charge < -0.3 is 14.5 Å². The highest BCUT2D eigenvalue weighted by Gasteiger charge is 2.17. The van der Waals surface area contributed by atoms with E-state index in [2.05, 4.69) is 30.4 Å². The summed E-state index contributed by atoms with van der Waals surface area (Å²) in [5, 5.41) is 4.27. The maximum atomic E-state index is 5.39. The van der Waals surface area contributed by atoms with Gasteiger partial charge in [-0.25, -0.2) is 5.43 Å². The first-order chi connectivity index (χ1) is 12.1. The van der Waals surface area contributed by atoms with Gasteiger partial charge in [0.1, 0.15) is 0 Å². The molecule has 25 heavy (non-hydrogen) atoms. The molecule has 1 fully saturated rings. The Labute approximate surface area is 147 Å². The highest BCUT2D eigenvalue weighted by atomic mass is 16.5. The average Bonchev–Trinajstić information content (AvgIpc) is 2.64. The van der Waals surface area contributed by atoms with Crippen LogP contribution < -0.4 is 15.2 Å². The fraction of sp³-hybridized carbons (Fsp3) is 0.412. The number of hydrogen-bond donors (Lipinski definition) is 1.